The fourth-order valence-electron chi connectivity index (χ4n) is 4.87. The molecule has 0 radical (unpaired) electrons. The number of fused-ring (bicyclic) bond motifs is 2. The summed E-state index contributed by atoms with van der Waals surface area (Å²) >= 11 is 0. The number of benzene rings is 2. The van der Waals surface area contributed by atoms with E-state index in [2.05, 4.69) is 41.1 Å². The van der Waals surface area contributed by atoms with Gasteiger partial charge >= 0.3 is 0 Å². The van der Waals surface area contributed by atoms with E-state index in [-0.39, 0.29) is 30.2 Å². The third kappa shape index (κ3) is 3.94. The van der Waals surface area contributed by atoms with Gasteiger partial charge < -0.3 is 15.5 Å². The number of rotatable bonds is 5. The van der Waals surface area contributed by atoms with E-state index in [1.165, 1.54) is 16.7 Å². The van der Waals surface area contributed by atoms with E-state index in [1.807, 2.05) is 18.2 Å². The maximum atomic E-state index is 13.0. The van der Waals surface area contributed by atoms with E-state index in [9.17, 15) is 14.4 Å². The fraction of sp³-hybridized carbons (Fsp3) is 0.400. The highest BCUT2D eigenvalue weighted by atomic mass is 16.2. The molecular formula is C25H28N4O3. The number of nitrogens with zero attached hydrogens (tertiary/aromatic N) is 1. The zero-order valence-corrected chi connectivity index (χ0v) is 18.2. The molecule has 3 aliphatic rings. The van der Waals surface area contributed by atoms with Gasteiger partial charge in [0.15, 0.2) is 0 Å². The Morgan fingerprint density at radius 1 is 1.06 bits per heavy atom. The number of amides is 3. The van der Waals surface area contributed by atoms with Crippen LogP contribution in [0.1, 0.15) is 64.0 Å². The van der Waals surface area contributed by atoms with E-state index >= 15 is 0 Å². The molecule has 0 spiro atoms. The van der Waals surface area contributed by atoms with Crippen LogP contribution in [0.4, 0.5) is 0 Å². The summed E-state index contributed by atoms with van der Waals surface area (Å²) in [4.78, 5) is 38.2. The van der Waals surface area contributed by atoms with Gasteiger partial charge in [-0.15, -0.1) is 0 Å². The summed E-state index contributed by atoms with van der Waals surface area (Å²) < 4.78 is 0. The number of carbonyl (C=O) groups excluding carboxylic acids is 3. The van der Waals surface area contributed by atoms with Crippen LogP contribution >= 0.6 is 0 Å². The second-order valence-corrected chi connectivity index (χ2v) is 8.95. The van der Waals surface area contributed by atoms with Crippen molar-refractivity contribution in [2.45, 2.75) is 57.9 Å². The minimum atomic E-state index is -0.576. The Hall–Kier alpha value is -3.03. The second kappa shape index (κ2) is 8.48. The lowest BCUT2D eigenvalue weighted by Crippen LogP contribution is -2.52. The van der Waals surface area contributed by atoms with Gasteiger partial charge in [0, 0.05) is 37.7 Å². The molecule has 3 amide bonds. The van der Waals surface area contributed by atoms with E-state index in [1.54, 1.807) is 4.90 Å². The molecule has 3 heterocycles. The van der Waals surface area contributed by atoms with Gasteiger partial charge in [-0.3, -0.25) is 19.7 Å². The van der Waals surface area contributed by atoms with Gasteiger partial charge in [0.2, 0.25) is 11.8 Å². The average molecular weight is 433 g/mol. The summed E-state index contributed by atoms with van der Waals surface area (Å²) in [7, 11) is 0. The maximum absolute atomic E-state index is 13.0. The van der Waals surface area contributed by atoms with Crippen LogP contribution in [0.25, 0.3) is 0 Å². The quantitative estimate of drug-likeness (QED) is 0.629. The molecule has 2 aromatic rings. The van der Waals surface area contributed by atoms with E-state index in [0.29, 0.717) is 25.1 Å². The van der Waals surface area contributed by atoms with Crippen LogP contribution in [-0.4, -0.2) is 35.2 Å². The van der Waals surface area contributed by atoms with Crippen LogP contribution in [0, 0.1) is 0 Å². The van der Waals surface area contributed by atoms with Gasteiger partial charge in [-0.05, 0) is 60.2 Å². The summed E-state index contributed by atoms with van der Waals surface area (Å²) in [5.41, 5.74) is 6.70. The summed E-state index contributed by atoms with van der Waals surface area (Å²) in [6.07, 6.45) is 1.71. The van der Waals surface area contributed by atoms with Crippen LogP contribution in [0.5, 0.6) is 0 Å². The summed E-state index contributed by atoms with van der Waals surface area (Å²) in [6.45, 7) is 5.19. The average Bonchev–Trinajstić information content (AvgIpc) is 3.12. The first-order valence-electron chi connectivity index (χ1n) is 11.3. The molecule has 7 heteroatoms. The standard InChI is InChI=1S/C25H28N4O3/c1-15(17-4-5-19-13-26-9-8-18(19)11-17)27-12-16-2-3-20-14-29(25(32)21(20)10-16)22-6-7-23(30)28-24(22)31/h2-5,10-11,15,22,26-27H,6-9,12-14H2,1H3,(H,28,30,31). The highest BCUT2D eigenvalue weighted by Crippen LogP contribution is 2.28. The van der Waals surface area contributed by atoms with Crippen molar-refractivity contribution in [2.24, 2.45) is 0 Å². The molecule has 1 saturated heterocycles. The van der Waals surface area contributed by atoms with Gasteiger partial charge in [0.05, 0.1) is 0 Å². The molecule has 2 aromatic carbocycles. The molecule has 3 aliphatic heterocycles. The fourth-order valence-corrected chi connectivity index (χ4v) is 4.87. The molecule has 2 unspecified atom stereocenters. The van der Waals surface area contributed by atoms with Crippen LogP contribution in [-0.2, 0) is 35.6 Å². The Balaban J connectivity index is 1.25. The molecule has 32 heavy (non-hydrogen) atoms. The molecule has 0 bridgehead atoms. The molecule has 0 aliphatic carbocycles. The van der Waals surface area contributed by atoms with Crippen molar-refractivity contribution in [2.75, 3.05) is 6.54 Å². The second-order valence-electron chi connectivity index (χ2n) is 8.95. The van der Waals surface area contributed by atoms with Gasteiger partial charge in [0.1, 0.15) is 6.04 Å². The Morgan fingerprint density at radius 3 is 2.75 bits per heavy atom. The summed E-state index contributed by atoms with van der Waals surface area (Å²) in [5.74, 6) is -0.778. The SMILES string of the molecule is CC(NCc1ccc2c(c1)C(=O)N(C1CCC(=O)NC1=O)C2)c1ccc2c(c1)CCNC2. The van der Waals surface area contributed by atoms with Gasteiger partial charge in [0.25, 0.3) is 5.91 Å². The minimum Gasteiger partial charge on any atom is -0.322 e. The summed E-state index contributed by atoms with van der Waals surface area (Å²) in [6, 6.07) is 12.3. The Labute approximate surface area is 187 Å². The molecule has 3 N–H and O–H groups in total. The number of hydrogen-bond acceptors (Lipinski definition) is 5. The van der Waals surface area contributed by atoms with Crippen molar-refractivity contribution >= 4 is 17.7 Å². The number of imide groups is 1. The van der Waals surface area contributed by atoms with E-state index in [4.69, 9.17) is 0 Å². The molecule has 0 saturated carbocycles. The maximum Gasteiger partial charge on any atom is 0.255 e. The van der Waals surface area contributed by atoms with Crippen molar-refractivity contribution in [1.82, 2.24) is 20.9 Å². The molecule has 166 valence electrons. The normalized spacial score (nSPS) is 21.2. The third-order valence-corrected chi connectivity index (χ3v) is 6.82. The topological polar surface area (TPSA) is 90.5 Å². The number of carbonyl (C=O) groups is 3. The monoisotopic (exact) mass is 432 g/mol. The van der Waals surface area contributed by atoms with Crippen molar-refractivity contribution in [3.8, 4) is 0 Å². The Kier molecular flexibility index (Phi) is 5.53. The molecule has 7 nitrogen and oxygen atoms in total. The van der Waals surface area contributed by atoms with E-state index in [0.717, 1.165) is 30.6 Å². The zero-order chi connectivity index (χ0) is 22.2. The molecule has 2 atom stereocenters. The number of nitrogens with one attached hydrogen (secondary N) is 3. The predicted octanol–water partition coefficient (Wildman–Crippen LogP) is 1.94. The van der Waals surface area contributed by atoms with Crippen LogP contribution < -0.4 is 16.0 Å². The Morgan fingerprint density at radius 2 is 1.91 bits per heavy atom. The van der Waals surface area contributed by atoms with Crippen LogP contribution in [0.3, 0.4) is 0 Å². The smallest absolute Gasteiger partial charge is 0.255 e. The first-order valence-corrected chi connectivity index (χ1v) is 11.3. The first-order chi connectivity index (χ1) is 15.5. The lowest BCUT2D eigenvalue weighted by molar-refractivity contribution is -0.136. The minimum absolute atomic E-state index is 0.132. The van der Waals surface area contributed by atoms with Crippen molar-refractivity contribution in [3.63, 3.8) is 0 Å². The van der Waals surface area contributed by atoms with Gasteiger partial charge in [-0.1, -0.05) is 30.3 Å². The highest BCUT2D eigenvalue weighted by molar-refractivity contribution is 6.05. The predicted molar refractivity (Wildman–Crippen MR) is 120 cm³/mol. The molecule has 1 fully saturated rings. The van der Waals surface area contributed by atoms with Crippen LogP contribution in [0.2, 0.25) is 0 Å². The van der Waals surface area contributed by atoms with Crippen LogP contribution in [0.15, 0.2) is 36.4 Å². The number of hydrogen-bond donors (Lipinski definition) is 3. The third-order valence-electron chi connectivity index (χ3n) is 6.82. The lowest BCUT2D eigenvalue weighted by Gasteiger charge is -2.29. The lowest BCUT2D eigenvalue weighted by atomic mass is 9.96. The molecule has 5 rings (SSSR count). The largest absolute Gasteiger partial charge is 0.322 e. The zero-order valence-electron chi connectivity index (χ0n) is 18.2. The van der Waals surface area contributed by atoms with Crippen molar-refractivity contribution < 1.29 is 14.4 Å². The summed E-state index contributed by atoms with van der Waals surface area (Å²) in [5, 5.41) is 9.32. The number of piperidine rings is 1. The molecular weight excluding hydrogens is 404 g/mol. The van der Waals surface area contributed by atoms with E-state index < -0.39 is 6.04 Å². The first kappa shape index (κ1) is 20.8. The van der Waals surface area contributed by atoms with Gasteiger partial charge in [-0.25, -0.2) is 0 Å². The highest BCUT2D eigenvalue weighted by Gasteiger charge is 2.39. The van der Waals surface area contributed by atoms with Crippen molar-refractivity contribution in [1.29, 1.82) is 0 Å². The van der Waals surface area contributed by atoms with Gasteiger partial charge in [-0.2, -0.15) is 0 Å². The molecule has 0 aromatic heterocycles. The Bertz CT molecular complexity index is 1100. The van der Waals surface area contributed by atoms with Crippen molar-refractivity contribution in [3.05, 3.63) is 69.8 Å².